The van der Waals surface area contributed by atoms with Gasteiger partial charge in [-0.05, 0) is 49.2 Å². The van der Waals surface area contributed by atoms with E-state index < -0.39 is 28.5 Å². The van der Waals surface area contributed by atoms with Crippen molar-refractivity contribution in [2.45, 2.75) is 30.6 Å². The number of esters is 1. The Morgan fingerprint density at radius 3 is 2.66 bits per heavy atom. The van der Waals surface area contributed by atoms with Crippen LogP contribution < -0.4 is 10.0 Å². The van der Waals surface area contributed by atoms with Gasteiger partial charge in [-0.2, -0.15) is 0 Å². The van der Waals surface area contributed by atoms with E-state index in [1.807, 2.05) is 0 Å². The van der Waals surface area contributed by atoms with E-state index in [4.69, 9.17) is 27.9 Å². The second-order valence-electron chi connectivity index (χ2n) is 7.02. The molecule has 0 aromatic heterocycles. The highest BCUT2D eigenvalue weighted by Gasteiger charge is 2.19. The smallest absolute Gasteiger partial charge is 0.340 e. The fourth-order valence-electron chi connectivity index (χ4n) is 2.97. The van der Waals surface area contributed by atoms with Crippen molar-refractivity contribution in [3.05, 3.63) is 58.1 Å². The van der Waals surface area contributed by atoms with Gasteiger partial charge in [0.05, 0.1) is 15.5 Å². The van der Waals surface area contributed by atoms with Crippen LogP contribution in [0.4, 0.5) is 5.69 Å². The molecule has 0 saturated heterocycles. The Morgan fingerprint density at radius 2 is 1.88 bits per heavy atom. The Labute approximate surface area is 196 Å². The van der Waals surface area contributed by atoms with Gasteiger partial charge in [0, 0.05) is 23.7 Å². The number of carbonyl (C=O) groups is 2. The maximum Gasteiger partial charge on any atom is 0.340 e. The van der Waals surface area contributed by atoms with Crippen LogP contribution in [0.5, 0.6) is 0 Å². The third-order valence-electron chi connectivity index (χ3n) is 4.54. The lowest BCUT2D eigenvalue weighted by molar-refractivity contribution is -0.119. The number of nitrogens with zero attached hydrogens (tertiary/aromatic N) is 1. The minimum Gasteiger partial charge on any atom is -0.452 e. The average molecular weight is 498 g/mol. The molecule has 3 rings (SSSR count). The number of amidine groups is 1. The first-order chi connectivity index (χ1) is 15.2. The molecule has 11 heteroatoms. The number of anilines is 1. The van der Waals surface area contributed by atoms with Gasteiger partial charge in [0.2, 0.25) is 0 Å². The minimum atomic E-state index is -3.85. The summed E-state index contributed by atoms with van der Waals surface area (Å²) in [7, 11) is -3.85. The second kappa shape index (κ2) is 10.8. The van der Waals surface area contributed by atoms with E-state index in [-0.39, 0.29) is 21.2 Å². The molecule has 0 radical (unpaired) electrons. The lowest BCUT2D eigenvalue weighted by Gasteiger charge is -2.11. The van der Waals surface area contributed by atoms with Crippen LogP contribution in [0.15, 0.2) is 52.4 Å². The fraction of sp³-hybridized carbons (Fsp3) is 0.286. The summed E-state index contributed by atoms with van der Waals surface area (Å²) >= 11 is 11.7. The standard InChI is InChI=1S/C21H21Cl2N3O5S/c22-14-8-9-17(18(23)11-14)21(28)31-13-20(27)25-15-5-4-6-16(12-15)32(29,30)26-19-7-2-1-3-10-24-19/h4-6,8-9,11-12H,1-3,7,10,13H2,(H,24,26)(H,25,27). The number of amides is 1. The van der Waals surface area contributed by atoms with Gasteiger partial charge in [-0.1, -0.05) is 35.7 Å². The number of hydrogen-bond acceptors (Lipinski definition) is 6. The Hall–Kier alpha value is -2.62. The van der Waals surface area contributed by atoms with E-state index in [0.29, 0.717) is 23.8 Å². The number of halogens is 2. The maximum atomic E-state index is 12.7. The van der Waals surface area contributed by atoms with Crippen LogP contribution in [0.1, 0.15) is 36.0 Å². The SMILES string of the molecule is O=C(COC(=O)c1ccc(Cl)cc1Cl)Nc1cccc(S(=O)(=O)NC2=NCCCCC2)c1. The highest BCUT2D eigenvalue weighted by Crippen LogP contribution is 2.22. The molecule has 32 heavy (non-hydrogen) atoms. The monoisotopic (exact) mass is 497 g/mol. The van der Waals surface area contributed by atoms with E-state index in [0.717, 1.165) is 19.3 Å². The number of carbonyl (C=O) groups excluding carboxylic acids is 2. The van der Waals surface area contributed by atoms with Crippen LogP contribution >= 0.6 is 23.2 Å². The molecule has 2 aromatic rings. The van der Waals surface area contributed by atoms with E-state index >= 15 is 0 Å². The zero-order chi connectivity index (χ0) is 23.1. The highest BCUT2D eigenvalue weighted by molar-refractivity contribution is 7.90. The van der Waals surface area contributed by atoms with Crippen LogP contribution in [-0.2, 0) is 19.6 Å². The third-order valence-corrected chi connectivity index (χ3v) is 6.47. The van der Waals surface area contributed by atoms with Crippen LogP contribution in [-0.4, -0.2) is 39.3 Å². The molecule has 1 aliphatic rings. The number of benzene rings is 2. The van der Waals surface area contributed by atoms with Gasteiger partial charge in [0.15, 0.2) is 6.61 Å². The molecule has 0 unspecified atom stereocenters. The first kappa shape index (κ1) is 24.0. The van der Waals surface area contributed by atoms with Gasteiger partial charge >= 0.3 is 5.97 Å². The molecule has 2 N–H and O–H groups in total. The largest absolute Gasteiger partial charge is 0.452 e. The molecule has 0 saturated carbocycles. The Morgan fingerprint density at radius 1 is 1.06 bits per heavy atom. The molecular weight excluding hydrogens is 477 g/mol. The molecule has 170 valence electrons. The number of ether oxygens (including phenoxy) is 1. The second-order valence-corrected chi connectivity index (χ2v) is 9.55. The summed E-state index contributed by atoms with van der Waals surface area (Å²) in [4.78, 5) is 28.5. The Bertz CT molecular complexity index is 1150. The van der Waals surface area contributed by atoms with Gasteiger partial charge in [-0.25, -0.2) is 13.2 Å². The summed E-state index contributed by atoms with van der Waals surface area (Å²) in [5, 5.41) is 2.97. The first-order valence-electron chi connectivity index (χ1n) is 9.83. The van der Waals surface area contributed by atoms with Gasteiger partial charge in [0.1, 0.15) is 5.84 Å². The first-order valence-corrected chi connectivity index (χ1v) is 12.1. The number of sulfonamides is 1. The minimum absolute atomic E-state index is 0.0211. The zero-order valence-corrected chi connectivity index (χ0v) is 19.3. The van der Waals surface area contributed by atoms with E-state index in [2.05, 4.69) is 15.0 Å². The van der Waals surface area contributed by atoms with Gasteiger partial charge in [-0.15, -0.1) is 0 Å². The lowest BCUT2D eigenvalue weighted by atomic mass is 10.2. The molecule has 0 atom stereocenters. The molecule has 8 nitrogen and oxygen atoms in total. The van der Waals surface area contributed by atoms with Crippen molar-refractivity contribution >= 4 is 56.6 Å². The van der Waals surface area contributed by atoms with Crippen LogP contribution in [0.2, 0.25) is 10.0 Å². The summed E-state index contributed by atoms with van der Waals surface area (Å²) < 4.78 is 32.9. The Balaban J connectivity index is 1.60. The Kier molecular flexibility index (Phi) is 8.11. The average Bonchev–Trinajstić information content (AvgIpc) is 3.00. The molecule has 2 aromatic carbocycles. The van der Waals surface area contributed by atoms with E-state index in [1.54, 1.807) is 0 Å². The van der Waals surface area contributed by atoms with Crippen molar-refractivity contribution in [2.75, 3.05) is 18.5 Å². The highest BCUT2D eigenvalue weighted by atomic mass is 35.5. The van der Waals surface area contributed by atoms with Gasteiger partial charge in [-0.3, -0.25) is 14.5 Å². The predicted molar refractivity (Wildman–Crippen MR) is 123 cm³/mol. The molecule has 1 aliphatic heterocycles. The summed E-state index contributed by atoms with van der Waals surface area (Å²) in [6, 6.07) is 10.0. The summed E-state index contributed by atoms with van der Waals surface area (Å²) in [5.41, 5.74) is 0.311. The number of nitrogens with one attached hydrogen (secondary N) is 2. The van der Waals surface area contributed by atoms with Crippen molar-refractivity contribution in [2.24, 2.45) is 4.99 Å². The van der Waals surface area contributed by atoms with Crippen LogP contribution in [0.3, 0.4) is 0 Å². The van der Waals surface area contributed by atoms with Crippen LogP contribution in [0.25, 0.3) is 0 Å². The quantitative estimate of drug-likeness (QED) is 0.584. The number of hydrogen-bond donors (Lipinski definition) is 2. The van der Waals surface area contributed by atoms with Crippen molar-refractivity contribution in [1.29, 1.82) is 0 Å². The normalized spacial score (nSPS) is 14.1. The fourth-order valence-corrected chi connectivity index (χ4v) is 4.59. The molecule has 1 heterocycles. The van der Waals surface area contributed by atoms with Gasteiger partial charge in [0.25, 0.3) is 15.9 Å². The predicted octanol–water partition coefficient (Wildman–Crippen LogP) is 4.04. The molecule has 0 bridgehead atoms. The molecule has 0 fully saturated rings. The van der Waals surface area contributed by atoms with Crippen molar-refractivity contribution < 1.29 is 22.7 Å². The van der Waals surface area contributed by atoms with E-state index in [9.17, 15) is 18.0 Å². The number of rotatable bonds is 6. The van der Waals surface area contributed by atoms with Crippen molar-refractivity contribution in [3.8, 4) is 0 Å². The van der Waals surface area contributed by atoms with Crippen molar-refractivity contribution in [3.63, 3.8) is 0 Å². The molecule has 0 aliphatic carbocycles. The lowest BCUT2D eigenvalue weighted by Crippen LogP contribution is -2.30. The molecule has 1 amide bonds. The summed E-state index contributed by atoms with van der Waals surface area (Å²) in [6.07, 6.45) is 3.38. The van der Waals surface area contributed by atoms with Gasteiger partial charge < -0.3 is 10.1 Å². The number of aliphatic imine (C=N–C) groups is 1. The third kappa shape index (κ3) is 6.69. The summed E-state index contributed by atoms with van der Waals surface area (Å²) in [6.45, 7) is 0.0116. The molecule has 0 spiro atoms. The molecular formula is C21H21Cl2N3O5S. The zero-order valence-electron chi connectivity index (χ0n) is 16.9. The van der Waals surface area contributed by atoms with E-state index in [1.165, 1.54) is 42.5 Å². The topological polar surface area (TPSA) is 114 Å². The van der Waals surface area contributed by atoms with Crippen LogP contribution in [0, 0.1) is 0 Å². The maximum absolute atomic E-state index is 12.7. The summed E-state index contributed by atoms with van der Waals surface area (Å²) in [5.74, 6) is -0.990. The van der Waals surface area contributed by atoms with Crippen molar-refractivity contribution in [1.82, 2.24) is 4.72 Å².